The molecule has 0 fully saturated rings. The summed E-state index contributed by atoms with van der Waals surface area (Å²) in [4.78, 5) is 10.0. The van der Waals surface area contributed by atoms with E-state index in [4.69, 9.17) is 19.4 Å². The normalized spacial score (nSPS) is 17.6. The number of nitrogens with zero attached hydrogens (tertiary/aromatic N) is 2. The fourth-order valence-electron chi connectivity index (χ4n) is 7.35. The highest BCUT2D eigenvalue weighted by atomic mass is 19.4. The van der Waals surface area contributed by atoms with Gasteiger partial charge in [-0.2, -0.15) is 26.3 Å². The SMILES string of the molecule is COc1cc2nc(c1)C(C)(C)c1cc(c(C(F)(F)F)cc1C)C(C)(C)c1cc(OC)cc(n1)C(C)(C)c1cc(c(C)cc1C(F)(F)F)C2(C)C. The molecule has 1 aliphatic heterocycles. The molecule has 0 saturated heterocycles. The highest BCUT2D eigenvalue weighted by Crippen LogP contribution is 2.49. The van der Waals surface area contributed by atoms with E-state index in [9.17, 15) is 26.3 Å². The lowest BCUT2D eigenvalue weighted by Gasteiger charge is -2.37. The van der Waals surface area contributed by atoms with Crippen molar-refractivity contribution < 1.29 is 35.8 Å². The summed E-state index contributed by atoms with van der Waals surface area (Å²) in [6.07, 6.45) is -9.43. The maximum absolute atomic E-state index is 14.9. The minimum absolute atomic E-state index is 0.0349. The first-order valence-electron chi connectivity index (χ1n) is 16.4. The van der Waals surface area contributed by atoms with Gasteiger partial charge in [0.05, 0.1) is 48.1 Å². The maximum atomic E-state index is 14.9. The Morgan fingerprint density at radius 2 is 0.700 bits per heavy atom. The lowest BCUT2D eigenvalue weighted by atomic mass is 9.70. The molecule has 1 aliphatic rings. The van der Waals surface area contributed by atoms with Crippen LogP contribution in [0.5, 0.6) is 11.5 Å². The van der Waals surface area contributed by atoms with Crippen LogP contribution in [0.4, 0.5) is 26.3 Å². The zero-order chi connectivity index (χ0) is 37.6. The van der Waals surface area contributed by atoms with Crippen LogP contribution in [0.2, 0.25) is 0 Å². The van der Waals surface area contributed by atoms with Gasteiger partial charge in [0.2, 0.25) is 0 Å². The summed E-state index contributed by atoms with van der Waals surface area (Å²) in [5.41, 5.74) is -2.77. The Balaban J connectivity index is 2.04. The standard InChI is InChI=1S/C40H44F6N2O2/c1-21-13-29(39(41,42)43)27-19-25(21)35(3,4)31-15-23(49-11)16-32(47-31)36(5,6)26-20-28(30(14-22(26)2)40(44,45)46)38(9,10)34-18-24(50-12)17-33(48-34)37(27,7)8/h13-20H,1-12H3. The predicted molar refractivity (Wildman–Crippen MR) is 182 cm³/mol. The van der Waals surface area contributed by atoms with E-state index in [1.165, 1.54) is 14.2 Å². The first-order chi connectivity index (χ1) is 22.8. The van der Waals surface area contributed by atoms with Gasteiger partial charge in [-0.05, 0) is 59.4 Å². The summed E-state index contributed by atoms with van der Waals surface area (Å²) >= 11 is 0. The Bertz CT molecular complexity index is 1860. The quantitative estimate of drug-likeness (QED) is 0.196. The third kappa shape index (κ3) is 6.02. The van der Waals surface area contributed by atoms with Crippen LogP contribution in [0.3, 0.4) is 0 Å². The van der Waals surface area contributed by atoms with Gasteiger partial charge < -0.3 is 9.47 Å². The van der Waals surface area contributed by atoms with Crippen molar-refractivity contribution in [3.8, 4) is 11.5 Å². The summed E-state index contributed by atoms with van der Waals surface area (Å²) < 4.78 is 101. The van der Waals surface area contributed by atoms with Crippen molar-refractivity contribution in [2.75, 3.05) is 14.2 Å². The zero-order valence-electron chi connectivity index (χ0n) is 30.6. The number of methoxy groups -OCH3 is 2. The first-order valence-corrected chi connectivity index (χ1v) is 16.4. The number of rotatable bonds is 2. The third-order valence-corrected chi connectivity index (χ3v) is 10.7. The summed E-state index contributed by atoms with van der Waals surface area (Å²) in [6, 6.07) is 12.1. The molecule has 0 atom stereocenters. The van der Waals surface area contributed by atoms with Crippen LogP contribution >= 0.6 is 0 Å². The minimum atomic E-state index is -4.72. The molecule has 0 saturated carbocycles. The Kier molecular flexibility index (Phi) is 8.73. The smallest absolute Gasteiger partial charge is 0.416 e. The summed E-state index contributed by atoms with van der Waals surface area (Å²) in [5.74, 6) is 0.731. The Morgan fingerprint density at radius 1 is 0.440 bits per heavy atom. The van der Waals surface area contributed by atoms with Crippen LogP contribution in [-0.2, 0) is 34.0 Å². The van der Waals surface area contributed by atoms with Crippen LogP contribution in [-0.4, -0.2) is 24.2 Å². The average molecular weight is 699 g/mol. The summed E-state index contributed by atoms with van der Waals surface area (Å²) in [5, 5.41) is 0. The molecule has 2 aromatic carbocycles. The van der Waals surface area contributed by atoms with Gasteiger partial charge in [0.25, 0.3) is 0 Å². The number of aromatic nitrogens is 2. The molecule has 50 heavy (non-hydrogen) atoms. The van der Waals surface area contributed by atoms with Crippen molar-refractivity contribution in [1.29, 1.82) is 0 Å². The van der Waals surface area contributed by atoms with Crippen LogP contribution in [0.15, 0.2) is 48.5 Å². The van der Waals surface area contributed by atoms with Gasteiger partial charge in [0.1, 0.15) is 11.5 Å². The second-order valence-electron chi connectivity index (χ2n) is 15.5. The number of benzene rings is 2. The number of pyridine rings is 2. The van der Waals surface area contributed by atoms with E-state index in [0.29, 0.717) is 39.4 Å². The fourth-order valence-corrected chi connectivity index (χ4v) is 7.35. The van der Waals surface area contributed by atoms with E-state index >= 15 is 0 Å². The number of hydrogen-bond acceptors (Lipinski definition) is 4. The second-order valence-corrected chi connectivity index (χ2v) is 15.5. The van der Waals surface area contributed by atoms with Crippen LogP contribution in [0.1, 0.15) is 123 Å². The van der Waals surface area contributed by atoms with Crippen molar-refractivity contribution in [1.82, 2.24) is 9.97 Å². The van der Waals surface area contributed by atoms with E-state index in [2.05, 4.69) is 0 Å². The van der Waals surface area contributed by atoms with Gasteiger partial charge in [-0.15, -0.1) is 0 Å². The number of aryl methyl sites for hydroxylation is 2. The molecule has 0 N–H and O–H groups in total. The molecule has 4 nitrogen and oxygen atoms in total. The Labute approximate surface area is 290 Å². The maximum Gasteiger partial charge on any atom is 0.416 e. The molecule has 8 bridgehead atoms. The van der Waals surface area contributed by atoms with E-state index in [1.54, 1.807) is 77.9 Å². The van der Waals surface area contributed by atoms with Crippen LogP contribution in [0.25, 0.3) is 0 Å². The first kappa shape index (κ1) is 37.2. The van der Waals surface area contributed by atoms with Gasteiger partial charge in [-0.1, -0.05) is 67.5 Å². The van der Waals surface area contributed by atoms with Gasteiger partial charge in [0, 0.05) is 45.9 Å². The molecular formula is C40H44F6N2O2. The number of halogens is 6. The minimum Gasteiger partial charge on any atom is -0.497 e. The molecule has 0 radical (unpaired) electrons. The summed E-state index contributed by atoms with van der Waals surface area (Å²) in [7, 11) is 2.92. The van der Waals surface area contributed by atoms with E-state index in [-0.39, 0.29) is 28.3 Å². The predicted octanol–water partition coefficient (Wildman–Crippen LogP) is 10.8. The zero-order valence-corrected chi connectivity index (χ0v) is 30.6. The second kappa shape index (κ2) is 11.7. The highest BCUT2D eigenvalue weighted by molar-refractivity contribution is 5.55. The largest absolute Gasteiger partial charge is 0.497 e. The molecular weight excluding hydrogens is 654 g/mol. The van der Waals surface area contributed by atoms with E-state index in [0.717, 1.165) is 12.1 Å². The van der Waals surface area contributed by atoms with Crippen molar-refractivity contribution in [3.63, 3.8) is 0 Å². The number of alkyl halides is 6. The Morgan fingerprint density at radius 3 is 0.940 bits per heavy atom. The molecule has 3 heterocycles. The monoisotopic (exact) mass is 698 g/mol. The average Bonchev–Trinajstić information content (AvgIpc) is 3.02. The van der Waals surface area contributed by atoms with Crippen LogP contribution in [0, 0.1) is 13.8 Å². The molecule has 5 rings (SSSR count). The van der Waals surface area contributed by atoms with E-state index in [1.807, 2.05) is 27.7 Å². The third-order valence-electron chi connectivity index (χ3n) is 10.7. The molecule has 2 aromatic heterocycles. The van der Waals surface area contributed by atoms with Crippen LogP contribution < -0.4 is 9.47 Å². The number of fused-ring (bicyclic) bond motifs is 8. The number of ether oxygens (including phenoxy) is 2. The van der Waals surface area contributed by atoms with E-state index < -0.39 is 45.1 Å². The molecule has 10 heteroatoms. The van der Waals surface area contributed by atoms with Crippen molar-refractivity contribution in [2.24, 2.45) is 0 Å². The lowest BCUT2D eigenvalue weighted by molar-refractivity contribution is -0.139. The van der Waals surface area contributed by atoms with Crippen molar-refractivity contribution >= 4 is 0 Å². The molecule has 0 amide bonds. The van der Waals surface area contributed by atoms with Crippen molar-refractivity contribution in [2.45, 2.75) is 103 Å². The van der Waals surface area contributed by atoms with Gasteiger partial charge in [-0.3, -0.25) is 9.97 Å². The molecule has 0 unspecified atom stereocenters. The molecule has 0 spiro atoms. The molecule has 0 aliphatic carbocycles. The van der Waals surface area contributed by atoms with Gasteiger partial charge in [0.15, 0.2) is 0 Å². The highest BCUT2D eigenvalue weighted by Gasteiger charge is 2.45. The number of hydrogen-bond donors (Lipinski definition) is 0. The topological polar surface area (TPSA) is 44.2 Å². The molecule has 4 aromatic rings. The lowest BCUT2D eigenvalue weighted by Crippen LogP contribution is -2.32. The molecule has 268 valence electrons. The summed E-state index contributed by atoms with van der Waals surface area (Å²) in [6.45, 7) is 17.5. The van der Waals surface area contributed by atoms with Gasteiger partial charge in [-0.25, -0.2) is 0 Å². The van der Waals surface area contributed by atoms with Gasteiger partial charge >= 0.3 is 12.4 Å². The fraction of sp³-hybridized carbons (Fsp3) is 0.450. The Hall–Kier alpha value is -4.08. The van der Waals surface area contributed by atoms with Crippen molar-refractivity contribution in [3.05, 3.63) is 116 Å².